The van der Waals surface area contributed by atoms with E-state index in [9.17, 15) is 4.79 Å². The summed E-state index contributed by atoms with van der Waals surface area (Å²) in [6.07, 6.45) is 3.49. The van der Waals surface area contributed by atoms with E-state index >= 15 is 0 Å². The number of hydrogen-bond acceptors (Lipinski definition) is 4. The van der Waals surface area contributed by atoms with Crippen LogP contribution in [-0.4, -0.2) is 15.7 Å². The first-order valence-corrected chi connectivity index (χ1v) is 6.47. The molecule has 3 rings (SSSR count). The Morgan fingerprint density at radius 2 is 2.10 bits per heavy atom. The van der Waals surface area contributed by atoms with Gasteiger partial charge in [0, 0.05) is 12.4 Å². The van der Waals surface area contributed by atoms with E-state index in [1.54, 1.807) is 23.0 Å². The summed E-state index contributed by atoms with van der Waals surface area (Å²) in [5, 5.41) is 6.99. The van der Waals surface area contributed by atoms with Crippen molar-refractivity contribution in [1.82, 2.24) is 9.78 Å². The number of nitrogens with two attached hydrogens (primary N) is 1. The molecule has 0 spiro atoms. The van der Waals surface area contributed by atoms with Crippen molar-refractivity contribution in [2.75, 3.05) is 5.32 Å². The predicted molar refractivity (Wildman–Crippen MR) is 78.1 cm³/mol. The molecule has 21 heavy (non-hydrogen) atoms. The van der Waals surface area contributed by atoms with Gasteiger partial charge in [0.15, 0.2) is 5.76 Å². The summed E-state index contributed by atoms with van der Waals surface area (Å²) in [5.74, 6) is 0.473. The monoisotopic (exact) mass is 282 g/mol. The number of furan rings is 1. The van der Waals surface area contributed by atoms with Crippen molar-refractivity contribution < 1.29 is 9.21 Å². The van der Waals surface area contributed by atoms with Crippen molar-refractivity contribution in [2.45, 2.75) is 6.54 Å². The minimum Gasteiger partial charge on any atom is -0.455 e. The zero-order valence-corrected chi connectivity index (χ0v) is 11.2. The van der Waals surface area contributed by atoms with E-state index in [4.69, 9.17) is 10.2 Å². The van der Waals surface area contributed by atoms with Gasteiger partial charge in [-0.1, -0.05) is 12.1 Å². The first-order chi connectivity index (χ1) is 10.3. The summed E-state index contributed by atoms with van der Waals surface area (Å²) in [7, 11) is 0. The summed E-state index contributed by atoms with van der Waals surface area (Å²) >= 11 is 0. The highest BCUT2D eigenvalue weighted by Gasteiger charge is 2.13. The highest BCUT2D eigenvalue weighted by atomic mass is 16.4. The van der Waals surface area contributed by atoms with Gasteiger partial charge in [0.05, 0.1) is 17.9 Å². The van der Waals surface area contributed by atoms with Gasteiger partial charge in [0.25, 0.3) is 5.91 Å². The molecule has 2 heterocycles. The Morgan fingerprint density at radius 3 is 2.81 bits per heavy atom. The summed E-state index contributed by atoms with van der Waals surface area (Å²) in [6, 6.07) is 12.5. The Hall–Kier alpha value is -2.86. The van der Waals surface area contributed by atoms with Gasteiger partial charge in [-0.15, -0.1) is 0 Å². The fraction of sp³-hybridized carbons (Fsp3) is 0.0667. The lowest BCUT2D eigenvalue weighted by Gasteiger charge is -2.10. The van der Waals surface area contributed by atoms with Crippen LogP contribution >= 0.6 is 0 Å². The van der Waals surface area contributed by atoms with Crippen LogP contribution < -0.4 is 11.1 Å². The maximum atomic E-state index is 12.2. The standard InChI is InChI=1S/C15H14N4O2/c16-10-11-6-7-14(21-11)15(20)18-12-4-1-2-5-13(12)19-9-3-8-17-19/h1-9H,10,16H2,(H,18,20). The molecular weight excluding hydrogens is 268 g/mol. The van der Waals surface area contributed by atoms with Gasteiger partial charge in [-0.05, 0) is 30.3 Å². The Kier molecular flexibility index (Phi) is 3.53. The second-order valence-corrected chi connectivity index (χ2v) is 4.39. The van der Waals surface area contributed by atoms with Crippen LogP contribution in [0.5, 0.6) is 0 Å². The number of nitrogens with one attached hydrogen (secondary N) is 1. The van der Waals surface area contributed by atoms with Crippen LogP contribution in [0.15, 0.2) is 59.3 Å². The highest BCUT2D eigenvalue weighted by Crippen LogP contribution is 2.20. The number of hydrogen-bond donors (Lipinski definition) is 2. The average molecular weight is 282 g/mol. The number of carbonyl (C=O) groups is 1. The maximum absolute atomic E-state index is 12.2. The molecule has 0 unspecified atom stereocenters. The molecule has 0 aliphatic rings. The molecule has 2 aromatic heterocycles. The van der Waals surface area contributed by atoms with Crippen molar-refractivity contribution in [3.05, 3.63) is 66.4 Å². The smallest absolute Gasteiger partial charge is 0.291 e. The minimum absolute atomic E-state index is 0.228. The zero-order valence-electron chi connectivity index (χ0n) is 11.2. The molecule has 3 aromatic rings. The number of para-hydroxylation sites is 2. The lowest BCUT2D eigenvalue weighted by Crippen LogP contribution is -2.13. The SMILES string of the molecule is NCc1ccc(C(=O)Nc2ccccc2-n2cccn2)o1. The van der Waals surface area contributed by atoms with Crippen molar-refractivity contribution in [3.63, 3.8) is 0 Å². The molecule has 6 nitrogen and oxygen atoms in total. The third-order valence-corrected chi connectivity index (χ3v) is 2.99. The topological polar surface area (TPSA) is 86.1 Å². The number of carbonyl (C=O) groups excluding carboxylic acids is 1. The number of aromatic nitrogens is 2. The van der Waals surface area contributed by atoms with Crippen LogP contribution in [-0.2, 0) is 6.54 Å². The molecule has 0 radical (unpaired) electrons. The van der Waals surface area contributed by atoms with Gasteiger partial charge >= 0.3 is 0 Å². The van der Waals surface area contributed by atoms with E-state index in [-0.39, 0.29) is 18.2 Å². The van der Waals surface area contributed by atoms with Gasteiger partial charge in [-0.3, -0.25) is 4.79 Å². The van der Waals surface area contributed by atoms with Gasteiger partial charge in [-0.2, -0.15) is 5.10 Å². The van der Waals surface area contributed by atoms with Crippen molar-refractivity contribution in [1.29, 1.82) is 0 Å². The lowest BCUT2D eigenvalue weighted by molar-refractivity contribution is 0.0995. The molecule has 1 aromatic carbocycles. The zero-order chi connectivity index (χ0) is 14.7. The molecule has 0 saturated heterocycles. The maximum Gasteiger partial charge on any atom is 0.291 e. The molecule has 3 N–H and O–H groups in total. The Bertz CT molecular complexity index is 747. The minimum atomic E-state index is -0.325. The fourth-order valence-corrected chi connectivity index (χ4v) is 1.98. The molecule has 0 aliphatic heterocycles. The molecule has 0 bridgehead atoms. The van der Waals surface area contributed by atoms with Crippen LogP contribution in [0.2, 0.25) is 0 Å². The van der Waals surface area contributed by atoms with E-state index in [1.807, 2.05) is 36.5 Å². The molecule has 1 amide bonds. The van der Waals surface area contributed by atoms with Crippen LogP contribution in [0.1, 0.15) is 16.3 Å². The quantitative estimate of drug-likeness (QED) is 0.768. The van der Waals surface area contributed by atoms with Crippen LogP contribution in [0.3, 0.4) is 0 Å². The number of amides is 1. The summed E-state index contributed by atoms with van der Waals surface area (Å²) in [4.78, 5) is 12.2. The highest BCUT2D eigenvalue weighted by molar-refractivity contribution is 6.03. The number of rotatable bonds is 4. The molecule has 106 valence electrons. The first kappa shape index (κ1) is 13.1. The Balaban J connectivity index is 1.86. The van der Waals surface area contributed by atoms with E-state index in [0.29, 0.717) is 11.4 Å². The van der Waals surface area contributed by atoms with Gasteiger partial charge < -0.3 is 15.5 Å². The largest absolute Gasteiger partial charge is 0.455 e. The van der Waals surface area contributed by atoms with E-state index in [0.717, 1.165) is 5.69 Å². The number of anilines is 1. The van der Waals surface area contributed by atoms with Crippen molar-refractivity contribution >= 4 is 11.6 Å². The van der Waals surface area contributed by atoms with Crippen LogP contribution in [0.4, 0.5) is 5.69 Å². The second kappa shape index (κ2) is 5.64. The molecule has 0 fully saturated rings. The van der Waals surface area contributed by atoms with Gasteiger partial charge in [0.1, 0.15) is 5.76 Å². The molecule has 0 atom stereocenters. The Morgan fingerprint density at radius 1 is 1.24 bits per heavy atom. The number of nitrogens with zero attached hydrogens (tertiary/aromatic N) is 2. The van der Waals surface area contributed by atoms with E-state index in [1.165, 1.54) is 0 Å². The molecule has 6 heteroatoms. The fourth-order valence-electron chi connectivity index (χ4n) is 1.98. The van der Waals surface area contributed by atoms with Crippen molar-refractivity contribution in [2.24, 2.45) is 5.73 Å². The molecular formula is C15H14N4O2. The third-order valence-electron chi connectivity index (χ3n) is 2.99. The predicted octanol–water partition coefficient (Wildman–Crippen LogP) is 2.18. The van der Waals surface area contributed by atoms with Gasteiger partial charge in [-0.25, -0.2) is 4.68 Å². The normalized spacial score (nSPS) is 10.5. The Labute approximate surface area is 121 Å². The van der Waals surface area contributed by atoms with Crippen molar-refractivity contribution in [3.8, 4) is 5.69 Å². The number of benzene rings is 1. The summed E-state index contributed by atoms with van der Waals surface area (Å²) in [6.45, 7) is 0.261. The molecule has 0 saturated carbocycles. The van der Waals surface area contributed by atoms with Crippen LogP contribution in [0, 0.1) is 0 Å². The van der Waals surface area contributed by atoms with Gasteiger partial charge in [0.2, 0.25) is 0 Å². The summed E-state index contributed by atoms with van der Waals surface area (Å²) in [5.41, 5.74) is 6.90. The van der Waals surface area contributed by atoms with E-state index < -0.39 is 0 Å². The first-order valence-electron chi connectivity index (χ1n) is 6.47. The third kappa shape index (κ3) is 2.70. The average Bonchev–Trinajstić information content (AvgIpc) is 3.19. The van der Waals surface area contributed by atoms with E-state index in [2.05, 4.69) is 10.4 Å². The van der Waals surface area contributed by atoms with Crippen LogP contribution in [0.25, 0.3) is 5.69 Å². The summed E-state index contributed by atoms with van der Waals surface area (Å²) < 4.78 is 7.02. The molecule has 0 aliphatic carbocycles. The second-order valence-electron chi connectivity index (χ2n) is 4.39. The lowest BCUT2D eigenvalue weighted by atomic mass is 10.2.